The third-order valence-electron chi connectivity index (χ3n) is 8.59. The van der Waals surface area contributed by atoms with Crippen molar-refractivity contribution in [2.24, 2.45) is 0 Å². The second-order valence-corrected chi connectivity index (χ2v) is 11.5. The van der Waals surface area contributed by atoms with Crippen molar-refractivity contribution in [3.63, 3.8) is 0 Å². The van der Waals surface area contributed by atoms with E-state index in [-0.39, 0.29) is 41.9 Å². The molecule has 216 valence electrons. The van der Waals surface area contributed by atoms with Gasteiger partial charge in [0.25, 0.3) is 11.8 Å². The van der Waals surface area contributed by atoms with Gasteiger partial charge in [-0.1, -0.05) is 26.0 Å². The second-order valence-electron chi connectivity index (χ2n) is 11.5. The van der Waals surface area contributed by atoms with Gasteiger partial charge in [-0.2, -0.15) is 0 Å². The number of amides is 2. The number of nitrogens with zero attached hydrogens (tertiary/aromatic N) is 2. The van der Waals surface area contributed by atoms with Crippen LogP contribution in [-0.4, -0.2) is 93.1 Å². The number of pyridine rings is 1. The summed E-state index contributed by atoms with van der Waals surface area (Å²) in [7, 11) is 0. The Bertz CT molecular complexity index is 1430. The number of hydrogen-bond acceptors (Lipinski definition) is 8. The predicted molar refractivity (Wildman–Crippen MR) is 146 cm³/mol. The first-order valence-electron chi connectivity index (χ1n) is 13.4. The fourth-order valence-corrected chi connectivity index (χ4v) is 6.34. The highest BCUT2D eigenvalue weighted by Gasteiger charge is 2.74. The molecule has 9 N–H and O–H groups in total. The van der Waals surface area contributed by atoms with Crippen LogP contribution in [0.4, 0.5) is 0 Å². The van der Waals surface area contributed by atoms with Gasteiger partial charge in [0.05, 0.1) is 24.3 Å². The first-order chi connectivity index (χ1) is 19.5. The molecule has 3 unspecified atom stereocenters. The molecule has 0 radical (unpaired) electrons. The molecule has 1 aromatic carbocycles. The Balaban J connectivity index is 1.26. The number of guanidine groups is 2. The van der Waals surface area contributed by atoms with E-state index in [4.69, 9.17) is 15.6 Å². The molecule has 0 bridgehead atoms. The molecule has 4 aliphatic heterocycles. The molecule has 14 nitrogen and oxygen atoms in total. The highest BCUT2D eigenvalue weighted by atomic mass is 16.5. The zero-order valence-electron chi connectivity index (χ0n) is 22.6. The van der Waals surface area contributed by atoms with Gasteiger partial charge in [-0.15, -0.1) is 0 Å². The van der Waals surface area contributed by atoms with Gasteiger partial charge in [0.15, 0.2) is 17.6 Å². The summed E-state index contributed by atoms with van der Waals surface area (Å²) in [6, 6.07) is 5.60. The molecule has 1 spiro atoms. The lowest BCUT2D eigenvalue weighted by atomic mass is 9.79. The number of nitrogens with one attached hydrogen (secondary N) is 7. The standard InChI is InChI=1S/C27H33N9O5/c1-25(2)8-11-41-19-15(4-3-5-16(19)25)22(38)33-18-13-36-24(29)32-17(12-31-21(37)14-6-9-30-10-7-14)20-26(36,27(18,39)40)35-23(28)34-20/h3-7,9-10,17-18,20,39-40H,8,11-13H2,1-2H3,(H2,29,32)(H,31,37)(H,33,38)(H3,28,34,35)/t17-,18?,20?,26?/m0/s1. The number of carbonyl (C=O) groups excluding carboxylic acids is 2. The van der Waals surface area contributed by atoms with Crippen LogP contribution in [0.1, 0.15) is 46.5 Å². The van der Waals surface area contributed by atoms with Crippen LogP contribution in [0.5, 0.6) is 5.75 Å². The fourth-order valence-electron chi connectivity index (χ4n) is 6.34. The molecular formula is C27H33N9O5. The Labute approximate surface area is 235 Å². The normalized spacial score (nSPS) is 28.6. The van der Waals surface area contributed by atoms with E-state index in [0.717, 1.165) is 12.0 Å². The Kier molecular flexibility index (Phi) is 6.08. The van der Waals surface area contributed by atoms with E-state index in [1.807, 2.05) is 6.07 Å². The number of aromatic nitrogens is 1. The van der Waals surface area contributed by atoms with Gasteiger partial charge in [0.2, 0.25) is 5.79 Å². The summed E-state index contributed by atoms with van der Waals surface area (Å²) < 4.78 is 5.88. The van der Waals surface area contributed by atoms with Crippen LogP contribution in [0.15, 0.2) is 42.7 Å². The molecule has 0 saturated carbocycles. The van der Waals surface area contributed by atoms with Crippen LogP contribution in [0.25, 0.3) is 0 Å². The molecule has 6 rings (SSSR count). The molecule has 0 aliphatic carbocycles. The molecule has 5 heterocycles. The van der Waals surface area contributed by atoms with Gasteiger partial charge in [-0.3, -0.25) is 25.4 Å². The number of benzene rings is 1. The van der Waals surface area contributed by atoms with Crippen LogP contribution >= 0.6 is 0 Å². The number of ether oxygens (including phenoxy) is 1. The SMILES string of the molecule is CC1(C)CCOc2c(C(=O)NC3CN4C(=N)N[C@@H](CNC(=O)c5ccncc5)C5NC(=N)NC54C3(O)O)cccc21. The van der Waals surface area contributed by atoms with E-state index >= 15 is 0 Å². The molecule has 41 heavy (non-hydrogen) atoms. The van der Waals surface area contributed by atoms with Gasteiger partial charge < -0.3 is 46.4 Å². The fraction of sp³-hybridized carbons (Fsp3) is 0.444. The zero-order chi connectivity index (χ0) is 29.2. The van der Waals surface area contributed by atoms with Gasteiger partial charge >= 0.3 is 0 Å². The predicted octanol–water partition coefficient (Wildman–Crippen LogP) is -1.23. The van der Waals surface area contributed by atoms with Crippen LogP contribution in [0.3, 0.4) is 0 Å². The summed E-state index contributed by atoms with van der Waals surface area (Å²) in [6.45, 7) is 4.48. The molecule has 3 fully saturated rings. The van der Waals surface area contributed by atoms with Crippen molar-refractivity contribution in [1.82, 2.24) is 36.5 Å². The Morgan fingerprint density at radius 2 is 1.90 bits per heavy atom. The van der Waals surface area contributed by atoms with Crippen molar-refractivity contribution >= 4 is 23.7 Å². The van der Waals surface area contributed by atoms with Crippen molar-refractivity contribution in [1.29, 1.82) is 10.8 Å². The largest absolute Gasteiger partial charge is 0.492 e. The van der Waals surface area contributed by atoms with Gasteiger partial charge in [0, 0.05) is 36.6 Å². The van der Waals surface area contributed by atoms with E-state index < -0.39 is 35.5 Å². The van der Waals surface area contributed by atoms with E-state index in [9.17, 15) is 19.8 Å². The number of fused-ring (bicyclic) bond motifs is 1. The first kappa shape index (κ1) is 26.8. The summed E-state index contributed by atoms with van der Waals surface area (Å²) in [5.41, 5.74) is -0.406. The topological polar surface area (TPSA) is 208 Å². The number of carbonyl (C=O) groups is 2. The van der Waals surface area contributed by atoms with E-state index in [0.29, 0.717) is 17.9 Å². The van der Waals surface area contributed by atoms with Gasteiger partial charge in [-0.25, -0.2) is 0 Å². The summed E-state index contributed by atoms with van der Waals surface area (Å²) in [5, 5.41) is 54.6. The molecular weight excluding hydrogens is 530 g/mol. The first-order valence-corrected chi connectivity index (χ1v) is 13.4. The molecule has 2 aromatic rings. The Morgan fingerprint density at radius 3 is 2.66 bits per heavy atom. The maximum absolute atomic E-state index is 13.6. The lowest BCUT2D eigenvalue weighted by molar-refractivity contribution is -0.232. The van der Waals surface area contributed by atoms with Gasteiger partial charge in [-0.05, 0) is 30.0 Å². The lowest BCUT2D eigenvalue weighted by Gasteiger charge is -2.51. The summed E-state index contributed by atoms with van der Waals surface area (Å²) in [4.78, 5) is 31.5. The van der Waals surface area contributed by atoms with Crippen molar-refractivity contribution in [2.45, 2.75) is 55.3 Å². The molecule has 14 heteroatoms. The lowest BCUT2D eigenvalue weighted by Crippen LogP contribution is -2.81. The van der Waals surface area contributed by atoms with Gasteiger partial charge in [0.1, 0.15) is 11.8 Å². The third kappa shape index (κ3) is 4.04. The second kappa shape index (κ2) is 9.31. The number of hydrogen-bond donors (Lipinski definition) is 9. The number of aliphatic hydroxyl groups is 2. The summed E-state index contributed by atoms with van der Waals surface area (Å²) >= 11 is 0. The van der Waals surface area contributed by atoms with Crippen LogP contribution < -0.4 is 31.3 Å². The number of para-hydroxylation sites is 1. The van der Waals surface area contributed by atoms with E-state index in [2.05, 4.69) is 45.4 Å². The molecule has 3 saturated heterocycles. The van der Waals surface area contributed by atoms with Crippen LogP contribution in [-0.2, 0) is 5.41 Å². The molecule has 4 atom stereocenters. The quantitative estimate of drug-likeness (QED) is 0.198. The van der Waals surface area contributed by atoms with Crippen molar-refractivity contribution in [2.75, 3.05) is 19.7 Å². The maximum atomic E-state index is 13.6. The highest BCUT2D eigenvalue weighted by Crippen LogP contribution is 2.44. The minimum absolute atomic E-state index is 0.00212. The minimum Gasteiger partial charge on any atom is -0.492 e. The smallest absolute Gasteiger partial charge is 0.255 e. The monoisotopic (exact) mass is 563 g/mol. The Hall–Kier alpha value is -4.43. The van der Waals surface area contributed by atoms with Crippen molar-refractivity contribution in [3.8, 4) is 5.75 Å². The van der Waals surface area contributed by atoms with E-state index in [1.165, 1.54) is 17.3 Å². The van der Waals surface area contributed by atoms with Crippen LogP contribution in [0, 0.1) is 10.8 Å². The van der Waals surface area contributed by atoms with E-state index in [1.54, 1.807) is 24.3 Å². The summed E-state index contributed by atoms with van der Waals surface area (Å²) in [6.07, 6.45) is 3.79. The molecule has 1 aromatic heterocycles. The zero-order valence-corrected chi connectivity index (χ0v) is 22.6. The molecule has 4 aliphatic rings. The average Bonchev–Trinajstić information content (AvgIpc) is 3.41. The van der Waals surface area contributed by atoms with Crippen molar-refractivity contribution in [3.05, 3.63) is 59.4 Å². The Morgan fingerprint density at radius 1 is 1.15 bits per heavy atom. The maximum Gasteiger partial charge on any atom is 0.255 e. The van der Waals surface area contributed by atoms with Crippen molar-refractivity contribution < 1.29 is 24.5 Å². The summed E-state index contributed by atoms with van der Waals surface area (Å²) in [5.74, 6) is -3.43. The van der Waals surface area contributed by atoms with Crippen LogP contribution in [0.2, 0.25) is 0 Å². The highest BCUT2D eigenvalue weighted by molar-refractivity contribution is 5.98. The minimum atomic E-state index is -2.64. The molecule has 2 amide bonds. The third-order valence-corrected chi connectivity index (χ3v) is 8.59. The number of rotatable bonds is 5. The average molecular weight is 564 g/mol.